The Morgan fingerprint density at radius 2 is 1.95 bits per heavy atom. The van der Waals surface area contributed by atoms with Crippen molar-refractivity contribution in [1.82, 2.24) is 10.3 Å². The summed E-state index contributed by atoms with van der Waals surface area (Å²) in [7, 11) is 0. The number of aromatic amines is 1. The molecule has 0 saturated carbocycles. The van der Waals surface area contributed by atoms with Gasteiger partial charge in [-0.05, 0) is 31.2 Å². The third kappa shape index (κ3) is 4.49. The molecule has 1 aromatic carbocycles. The lowest BCUT2D eigenvalue weighted by atomic mass is 10.2. The zero-order chi connectivity index (χ0) is 15.2. The summed E-state index contributed by atoms with van der Waals surface area (Å²) in [5.74, 6) is -0.336. The van der Waals surface area contributed by atoms with E-state index >= 15 is 0 Å². The number of aryl methyl sites for hydroxylation is 1. The Bertz CT molecular complexity index is 667. The molecule has 2 N–H and O–H groups in total. The molecule has 0 aliphatic carbocycles. The van der Waals surface area contributed by atoms with Gasteiger partial charge in [0, 0.05) is 22.4 Å². The smallest absolute Gasteiger partial charge is 0.260 e. The lowest BCUT2D eigenvalue weighted by Gasteiger charge is -2.12. The molecule has 5 heteroatoms. The summed E-state index contributed by atoms with van der Waals surface area (Å²) in [5.41, 5.74) is 0.540. The van der Waals surface area contributed by atoms with E-state index in [1.54, 1.807) is 30.8 Å². The third-order valence-corrected chi connectivity index (χ3v) is 4.04. The second kappa shape index (κ2) is 7.13. The second-order valence-electron chi connectivity index (χ2n) is 4.84. The lowest BCUT2D eigenvalue weighted by Crippen LogP contribution is -2.33. The van der Waals surface area contributed by atoms with Gasteiger partial charge in [0.2, 0.25) is 0 Å². The monoisotopic (exact) mass is 302 g/mol. The van der Waals surface area contributed by atoms with Gasteiger partial charge in [0.25, 0.3) is 11.5 Å². The Labute approximate surface area is 128 Å². The summed E-state index contributed by atoms with van der Waals surface area (Å²) in [4.78, 5) is 27.5. The maximum absolute atomic E-state index is 12.0. The van der Waals surface area contributed by atoms with E-state index in [1.807, 2.05) is 37.3 Å². The van der Waals surface area contributed by atoms with Crippen LogP contribution >= 0.6 is 11.8 Å². The van der Waals surface area contributed by atoms with Gasteiger partial charge in [0.1, 0.15) is 5.56 Å². The average Bonchev–Trinajstić information content (AvgIpc) is 2.46. The number of carbonyl (C=O) groups is 1. The van der Waals surface area contributed by atoms with Crippen molar-refractivity contribution in [2.45, 2.75) is 24.0 Å². The molecule has 1 aromatic heterocycles. The van der Waals surface area contributed by atoms with E-state index in [9.17, 15) is 9.59 Å². The first-order chi connectivity index (χ1) is 10.1. The Balaban J connectivity index is 1.90. The number of pyridine rings is 1. The van der Waals surface area contributed by atoms with Gasteiger partial charge >= 0.3 is 0 Å². The highest BCUT2D eigenvalue weighted by molar-refractivity contribution is 8.00. The molecule has 21 heavy (non-hydrogen) atoms. The topological polar surface area (TPSA) is 62.0 Å². The number of amides is 1. The number of hydrogen-bond donors (Lipinski definition) is 2. The fourth-order valence-electron chi connectivity index (χ4n) is 1.86. The van der Waals surface area contributed by atoms with Crippen LogP contribution in [0, 0.1) is 6.92 Å². The molecule has 0 unspecified atom stereocenters. The van der Waals surface area contributed by atoms with Crippen molar-refractivity contribution in [3.8, 4) is 0 Å². The van der Waals surface area contributed by atoms with Gasteiger partial charge in [-0.2, -0.15) is 0 Å². The molecule has 110 valence electrons. The first kappa shape index (κ1) is 15.4. The Hall–Kier alpha value is -2.01. The van der Waals surface area contributed by atoms with Crippen molar-refractivity contribution in [3.63, 3.8) is 0 Å². The Morgan fingerprint density at radius 1 is 1.24 bits per heavy atom. The number of carbonyl (C=O) groups excluding carboxylic acids is 1. The van der Waals surface area contributed by atoms with Crippen LogP contribution in [-0.4, -0.2) is 22.7 Å². The molecule has 1 atom stereocenters. The van der Waals surface area contributed by atoms with Gasteiger partial charge < -0.3 is 10.3 Å². The summed E-state index contributed by atoms with van der Waals surface area (Å²) in [6.45, 7) is 4.32. The number of aromatic nitrogens is 1. The van der Waals surface area contributed by atoms with Crippen LogP contribution in [0.25, 0.3) is 0 Å². The first-order valence-electron chi connectivity index (χ1n) is 6.76. The van der Waals surface area contributed by atoms with Crippen LogP contribution in [0.5, 0.6) is 0 Å². The molecule has 0 bridgehead atoms. The van der Waals surface area contributed by atoms with Crippen LogP contribution in [0.3, 0.4) is 0 Å². The number of nitrogens with one attached hydrogen (secondary N) is 2. The molecule has 0 spiro atoms. The standard InChI is InChI=1S/C16H18N2O2S/c1-11-8-9-14(16(20)18-11)15(19)17-10-12(2)21-13-6-4-3-5-7-13/h3-9,12H,10H2,1-2H3,(H,17,19)(H,18,20)/t12-/m1/s1. The normalized spacial score (nSPS) is 11.9. The van der Waals surface area contributed by atoms with Gasteiger partial charge in [0.15, 0.2) is 0 Å². The van der Waals surface area contributed by atoms with Crippen LogP contribution in [0.4, 0.5) is 0 Å². The largest absolute Gasteiger partial charge is 0.351 e. The molecular weight excluding hydrogens is 284 g/mol. The van der Waals surface area contributed by atoms with Crippen LogP contribution in [0.15, 0.2) is 52.2 Å². The van der Waals surface area contributed by atoms with Crippen LogP contribution in [0.2, 0.25) is 0 Å². The molecule has 1 amide bonds. The van der Waals surface area contributed by atoms with Crippen LogP contribution < -0.4 is 10.9 Å². The average molecular weight is 302 g/mol. The Morgan fingerprint density at radius 3 is 2.62 bits per heavy atom. The molecule has 2 aromatic rings. The molecule has 0 fully saturated rings. The predicted molar refractivity (Wildman–Crippen MR) is 85.9 cm³/mol. The molecule has 4 nitrogen and oxygen atoms in total. The van der Waals surface area contributed by atoms with E-state index in [1.165, 1.54) is 0 Å². The SMILES string of the molecule is Cc1ccc(C(=O)NC[C@@H](C)Sc2ccccc2)c(=O)[nH]1. The zero-order valence-electron chi connectivity index (χ0n) is 12.1. The summed E-state index contributed by atoms with van der Waals surface area (Å²) in [5, 5.41) is 3.02. The van der Waals surface area contributed by atoms with E-state index in [0.29, 0.717) is 6.54 Å². The summed E-state index contributed by atoms with van der Waals surface area (Å²) >= 11 is 1.69. The van der Waals surface area contributed by atoms with E-state index < -0.39 is 0 Å². The first-order valence-corrected chi connectivity index (χ1v) is 7.64. The number of thioether (sulfide) groups is 1. The summed E-state index contributed by atoms with van der Waals surface area (Å²) in [6, 6.07) is 13.3. The number of rotatable bonds is 5. The quantitative estimate of drug-likeness (QED) is 0.835. The van der Waals surface area contributed by atoms with Gasteiger partial charge in [-0.1, -0.05) is 25.1 Å². The molecule has 1 heterocycles. The van der Waals surface area contributed by atoms with E-state index in [0.717, 1.165) is 10.6 Å². The number of H-pyrrole nitrogens is 1. The molecule has 2 rings (SSSR count). The molecule has 0 saturated heterocycles. The van der Waals surface area contributed by atoms with Crippen molar-refractivity contribution in [1.29, 1.82) is 0 Å². The molecule has 0 radical (unpaired) electrons. The highest BCUT2D eigenvalue weighted by Crippen LogP contribution is 2.21. The van der Waals surface area contributed by atoms with Crippen molar-refractivity contribution in [3.05, 3.63) is 64.1 Å². The van der Waals surface area contributed by atoms with Crippen LogP contribution in [0.1, 0.15) is 23.0 Å². The fourth-order valence-corrected chi connectivity index (χ4v) is 2.80. The fraction of sp³-hybridized carbons (Fsp3) is 0.250. The van der Waals surface area contributed by atoms with Gasteiger partial charge in [-0.25, -0.2) is 0 Å². The van der Waals surface area contributed by atoms with Crippen molar-refractivity contribution in [2.75, 3.05) is 6.54 Å². The lowest BCUT2D eigenvalue weighted by molar-refractivity contribution is 0.0952. The van der Waals surface area contributed by atoms with E-state index in [-0.39, 0.29) is 22.3 Å². The highest BCUT2D eigenvalue weighted by Gasteiger charge is 2.12. The highest BCUT2D eigenvalue weighted by atomic mass is 32.2. The van der Waals surface area contributed by atoms with Crippen LogP contribution in [-0.2, 0) is 0 Å². The molecule has 0 aliphatic rings. The Kier molecular flexibility index (Phi) is 5.22. The minimum Gasteiger partial charge on any atom is -0.351 e. The predicted octanol–water partition coefficient (Wildman–Crippen LogP) is 2.59. The number of hydrogen-bond acceptors (Lipinski definition) is 3. The number of benzene rings is 1. The van der Waals surface area contributed by atoms with E-state index in [2.05, 4.69) is 10.3 Å². The van der Waals surface area contributed by atoms with Gasteiger partial charge in [-0.3, -0.25) is 9.59 Å². The van der Waals surface area contributed by atoms with E-state index in [4.69, 9.17) is 0 Å². The second-order valence-corrected chi connectivity index (χ2v) is 6.35. The molecule has 0 aliphatic heterocycles. The summed E-state index contributed by atoms with van der Waals surface area (Å²) < 4.78 is 0. The summed E-state index contributed by atoms with van der Waals surface area (Å²) in [6.07, 6.45) is 0. The maximum atomic E-state index is 12.0. The third-order valence-electron chi connectivity index (χ3n) is 2.93. The van der Waals surface area contributed by atoms with Crippen molar-refractivity contribution < 1.29 is 4.79 Å². The molecular formula is C16H18N2O2S. The zero-order valence-corrected chi connectivity index (χ0v) is 12.9. The van der Waals surface area contributed by atoms with Crippen molar-refractivity contribution in [2.24, 2.45) is 0 Å². The minimum absolute atomic E-state index is 0.150. The maximum Gasteiger partial charge on any atom is 0.260 e. The minimum atomic E-state index is -0.351. The van der Waals surface area contributed by atoms with Gasteiger partial charge in [0.05, 0.1) is 0 Å². The van der Waals surface area contributed by atoms with Gasteiger partial charge in [-0.15, -0.1) is 11.8 Å². The van der Waals surface area contributed by atoms with Crippen molar-refractivity contribution >= 4 is 17.7 Å².